The van der Waals surface area contributed by atoms with Gasteiger partial charge in [0.05, 0.1) is 0 Å². The summed E-state index contributed by atoms with van der Waals surface area (Å²) in [6.45, 7) is 2.81. The van der Waals surface area contributed by atoms with E-state index in [9.17, 15) is 24.0 Å². The standard InChI is InChI=1S/C14H18N4O5S/c1-8(24-9(2)19)17-7-14(23)18-10(3-5-12(15)21)11(20)4-6-13(16)22/h10H,3,5,7H2,1-2H3,(H2,15,21)(H2,16,22)(H,18,23)/p+1/t10-/m0/s1. The number of ketones is 1. The van der Waals surface area contributed by atoms with Gasteiger partial charge in [-0.3, -0.25) is 24.0 Å². The van der Waals surface area contributed by atoms with E-state index in [0.29, 0.717) is 5.04 Å². The number of amides is 3. The van der Waals surface area contributed by atoms with Crippen molar-refractivity contribution in [2.75, 3.05) is 6.54 Å². The van der Waals surface area contributed by atoms with Crippen LogP contribution >= 0.6 is 11.8 Å². The third-order valence-corrected chi connectivity index (χ3v) is 3.17. The Morgan fingerprint density at radius 3 is 2.25 bits per heavy atom. The van der Waals surface area contributed by atoms with Gasteiger partial charge in [0.25, 0.3) is 11.8 Å². The summed E-state index contributed by atoms with van der Waals surface area (Å²) in [4.78, 5) is 58.7. The van der Waals surface area contributed by atoms with Gasteiger partial charge in [0.2, 0.25) is 23.3 Å². The maximum Gasteiger partial charge on any atom is 0.293 e. The molecule has 0 unspecified atom stereocenters. The van der Waals surface area contributed by atoms with Gasteiger partial charge in [-0.05, 0) is 12.3 Å². The molecule has 3 amide bonds. The van der Waals surface area contributed by atoms with E-state index in [-0.39, 0.29) is 24.5 Å². The van der Waals surface area contributed by atoms with Crippen molar-refractivity contribution in [2.45, 2.75) is 32.7 Å². The number of carbonyl (C=O) groups excluding carboxylic acids is 5. The molecule has 0 aromatic rings. The van der Waals surface area contributed by atoms with Crippen LogP contribution in [0.15, 0.2) is 0 Å². The summed E-state index contributed by atoms with van der Waals surface area (Å²) in [6, 6.07) is -1.10. The highest BCUT2D eigenvalue weighted by Gasteiger charge is 2.21. The molecule has 0 bridgehead atoms. The molecule has 0 aliphatic rings. The van der Waals surface area contributed by atoms with Crippen molar-refractivity contribution in [1.82, 2.24) is 5.32 Å². The molecule has 0 rings (SSSR count). The van der Waals surface area contributed by atoms with Gasteiger partial charge in [0.1, 0.15) is 6.04 Å². The normalized spacial score (nSPS) is 11.7. The van der Waals surface area contributed by atoms with Crippen molar-refractivity contribution in [3.05, 3.63) is 0 Å². The fourth-order valence-electron chi connectivity index (χ4n) is 1.47. The Morgan fingerprint density at radius 2 is 1.75 bits per heavy atom. The van der Waals surface area contributed by atoms with Gasteiger partial charge in [-0.2, -0.15) is 0 Å². The molecule has 0 saturated heterocycles. The fourth-order valence-corrected chi connectivity index (χ4v) is 2.04. The molecule has 0 spiro atoms. The average Bonchev–Trinajstić information content (AvgIpc) is 2.45. The Bertz CT molecular complexity index is 633. The van der Waals surface area contributed by atoms with E-state index in [4.69, 9.17) is 11.5 Å². The molecule has 0 aromatic heterocycles. The van der Waals surface area contributed by atoms with Gasteiger partial charge in [-0.15, -0.1) is 0 Å². The van der Waals surface area contributed by atoms with E-state index in [1.54, 1.807) is 6.92 Å². The maximum absolute atomic E-state index is 11.9. The molecule has 0 aliphatic heterocycles. The summed E-state index contributed by atoms with van der Waals surface area (Å²) in [5.41, 5.74) is 9.83. The van der Waals surface area contributed by atoms with Crippen LogP contribution < -0.4 is 21.8 Å². The molecule has 9 nitrogen and oxygen atoms in total. The number of primary amides is 2. The summed E-state index contributed by atoms with van der Waals surface area (Å²) in [5.74, 6) is 0.914. The maximum atomic E-state index is 11.9. The molecule has 10 heteroatoms. The first kappa shape index (κ1) is 21.3. The van der Waals surface area contributed by atoms with Crippen molar-refractivity contribution in [2.24, 2.45) is 11.5 Å². The Labute approximate surface area is 143 Å². The Morgan fingerprint density at radius 1 is 1.12 bits per heavy atom. The Balaban J connectivity index is 4.86. The highest BCUT2D eigenvalue weighted by molar-refractivity contribution is 8.26. The highest BCUT2D eigenvalue weighted by Crippen LogP contribution is 1.99. The quantitative estimate of drug-likeness (QED) is 0.161. The number of Topliss-reactive ketones (excluding diaryl/α,β-unsaturated/α-hetero) is 1. The number of hydrogen-bond donors (Lipinski definition) is 4. The third-order valence-electron chi connectivity index (χ3n) is 2.43. The number of hydrogen-bond acceptors (Lipinski definition) is 6. The van der Waals surface area contributed by atoms with Gasteiger partial charge < -0.3 is 16.8 Å². The van der Waals surface area contributed by atoms with Crippen LogP contribution in [-0.4, -0.2) is 46.3 Å². The summed E-state index contributed by atoms with van der Waals surface area (Å²) in [6.07, 6.45) is -0.202. The summed E-state index contributed by atoms with van der Waals surface area (Å²) in [5, 5.41) is 2.76. The van der Waals surface area contributed by atoms with Crippen LogP contribution in [0.25, 0.3) is 0 Å². The summed E-state index contributed by atoms with van der Waals surface area (Å²) < 4.78 is 0. The fraction of sp³-hybridized carbons (Fsp3) is 0.429. The predicted molar refractivity (Wildman–Crippen MR) is 87.1 cm³/mol. The van der Waals surface area contributed by atoms with Gasteiger partial charge >= 0.3 is 0 Å². The zero-order valence-corrected chi connectivity index (χ0v) is 14.1. The van der Waals surface area contributed by atoms with Crippen LogP contribution in [0, 0.1) is 11.8 Å². The molecule has 0 radical (unpaired) electrons. The van der Waals surface area contributed by atoms with Crippen LogP contribution in [0.5, 0.6) is 0 Å². The molecule has 0 aliphatic carbocycles. The first-order valence-electron chi connectivity index (χ1n) is 6.80. The van der Waals surface area contributed by atoms with Crippen LogP contribution in [-0.2, 0) is 24.0 Å². The van der Waals surface area contributed by atoms with E-state index in [1.165, 1.54) is 6.92 Å². The molecular formula is C14H19N4O5S+. The topological polar surface area (TPSA) is 163 Å². The van der Waals surface area contributed by atoms with Gasteiger partial charge in [-0.1, -0.05) is 0 Å². The lowest BCUT2D eigenvalue weighted by Gasteiger charge is -2.12. The van der Waals surface area contributed by atoms with Crippen LogP contribution in [0.3, 0.4) is 0 Å². The third kappa shape index (κ3) is 11.0. The molecule has 0 heterocycles. The first-order valence-corrected chi connectivity index (χ1v) is 7.62. The SMILES string of the molecule is CC(=O)SC(C)=[NH+]CC(=O)N[C@@H](CCC(N)=O)C(=O)C#CC(N)=O. The van der Waals surface area contributed by atoms with Crippen LogP contribution in [0.1, 0.15) is 26.7 Å². The second-order valence-electron chi connectivity index (χ2n) is 4.61. The summed E-state index contributed by atoms with van der Waals surface area (Å²) >= 11 is 0.932. The number of rotatable bonds is 7. The van der Waals surface area contributed by atoms with Crippen molar-refractivity contribution < 1.29 is 29.0 Å². The zero-order valence-electron chi connectivity index (χ0n) is 13.3. The number of nitrogens with one attached hydrogen (secondary N) is 2. The van der Waals surface area contributed by atoms with Gasteiger partial charge in [-0.25, -0.2) is 4.99 Å². The number of thioether (sulfide) groups is 1. The van der Waals surface area contributed by atoms with E-state index in [0.717, 1.165) is 11.8 Å². The highest BCUT2D eigenvalue weighted by atomic mass is 32.2. The molecule has 0 aromatic carbocycles. The first-order chi connectivity index (χ1) is 11.1. The van der Waals surface area contributed by atoms with Crippen molar-refractivity contribution in [1.29, 1.82) is 0 Å². The van der Waals surface area contributed by atoms with E-state index in [1.807, 2.05) is 11.8 Å². The minimum atomic E-state index is -1.10. The molecule has 24 heavy (non-hydrogen) atoms. The second kappa shape index (κ2) is 11.0. The molecule has 130 valence electrons. The van der Waals surface area contributed by atoms with Crippen LogP contribution in [0.4, 0.5) is 0 Å². The Hall–Kier alpha value is -2.67. The smallest absolute Gasteiger partial charge is 0.293 e. The molecule has 6 N–H and O–H groups in total. The van der Waals surface area contributed by atoms with E-state index < -0.39 is 29.5 Å². The lowest BCUT2D eigenvalue weighted by atomic mass is 10.1. The lowest BCUT2D eigenvalue weighted by Crippen LogP contribution is -2.75. The predicted octanol–water partition coefficient (Wildman–Crippen LogP) is -3.43. The lowest BCUT2D eigenvalue weighted by molar-refractivity contribution is -0.441. The summed E-state index contributed by atoms with van der Waals surface area (Å²) in [7, 11) is 0. The van der Waals surface area contributed by atoms with E-state index >= 15 is 0 Å². The molecule has 1 atom stereocenters. The Kier molecular flexibility index (Phi) is 9.74. The van der Waals surface area contributed by atoms with Gasteiger partial charge in [0, 0.05) is 38.0 Å². The second-order valence-corrected chi connectivity index (χ2v) is 6.00. The number of nitrogens with two attached hydrogens (primary N) is 2. The van der Waals surface area contributed by atoms with Crippen LogP contribution in [0.2, 0.25) is 0 Å². The van der Waals surface area contributed by atoms with Crippen molar-refractivity contribution in [3.63, 3.8) is 0 Å². The monoisotopic (exact) mass is 355 g/mol. The minimum absolute atomic E-state index is 0.0573. The molecule has 0 fully saturated rings. The zero-order chi connectivity index (χ0) is 18.7. The molecular weight excluding hydrogens is 336 g/mol. The minimum Gasteiger partial charge on any atom is -0.370 e. The average molecular weight is 355 g/mol. The van der Waals surface area contributed by atoms with Crippen molar-refractivity contribution >= 4 is 45.4 Å². The van der Waals surface area contributed by atoms with Gasteiger partial charge in [0.15, 0.2) is 5.12 Å². The van der Waals surface area contributed by atoms with Crippen molar-refractivity contribution in [3.8, 4) is 11.8 Å². The molecule has 0 saturated carbocycles. The largest absolute Gasteiger partial charge is 0.370 e. The van der Waals surface area contributed by atoms with E-state index in [2.05, 4.69) is 10.3 Å². The number of carbonyl (C=O) groups is 5.